The van der Waals surface area contributed by atoms with E-state index in [0.717, 1.165) is 55.3 Å². The van der Waals surface area contributed by atoms with Gasteiger partial charge < -0.3 is 4.42 Å². The molecule has 24 heavy (non-hydrogen) atoms. The van der Waals surface area contributed by atoms with Gasteiger partial charge in [-0.15, -0.1) is 0 Å². The number of oxazole rings is 1. The first-order valence-electron chi connectivity index (χ1n) is 9.61. The fraction of sp³-hybridized carbons (Fsp3) is 0.737. The minimum Gasteiger partial charge on any atom is -0.421 e. The number of rotatable bonds is 1. The summed E-state index contributed by atoms with van der Waals surface area (Å²) in [7, 11) is 0. The summed E-state index contributed by atoms with van der Waals surface area (Å²) >= 11 is 0. The number of fused-ring (bicyclic) bond motifs is 2. The van der Waals surface area contributed by atoms with Gasteiger partial charge in [0, 0.05) is 18.4 Å². The summed E-state index contributed by atoms with van der Waals surface area (Å²) in [6, 6.07) is 0. The lowest BCUT2D eigenvalue weighted by Crippen LogP contribution is -2.48. The van der Waals surface area contributed by atoms with Crippen molar-refractivity contribution < 1.29 is 4.42 Å². The van der Waals surface area contributed by atoms with Crippen molar-refractivity contribution >= 4 is 11.2 Å². The average Bonchev–Trinajstić information content (AvgIpc) is 2.99. The Hall–Kier alpha value is -1.65. The second-order valence-corrected chi connectivity index (χ2v) is 8.81. The monoisotopic (exact) mass is 325 g/mol. The predicted molar refractivity (Wildman–Crippen MR) is 88.9 cm³/mol. The molecule has 5 aliphatic rings. The van der Waals surface area contributed by atoms with Crippen molar-refractivity contribution in [3.05, 3.63) is 22.1 Å². The van der Waals surface area contributed by atoms with Crippen molar-refractivity contribution in [3.8, 4) is 0 Å². The topological polar surface area (TPSA) is 60.9 Å². The van der Waals surface area contributed by atoms with E-state index in [2.05, 4.69) is 4.98 Å². The van der Waals surface area contributed by atoms with E-state index >= 15 is 0 Å². The van der Waals surface area contributed by atoms with Gasteiger partial charge in [0.1, 0.15) is 5.82 Å². The molecular weight excluding hydrogens is 302 g/mol. The lowest BCUT2D eigenvalue weighted by atomic mass is 9.49. The number of aryl methyl sites for hydroxylation is 1. The van der Waals surface area contributed by atoms with Gasteiger partial charge in [-0.05, 0) is 69.1 Å². The van der Waals surface area contributed by atoms with Crippen molar-refractivity contribution in [2.45, 2.75) is 69.7 Å². The fourth-order valence-electron chi connectivity index (χ4n) is 6.52. The third kappa shape index (κ3) is 1.73. The molecule has 0 spiro atoms. The lowest BCUT2D eigenvalue weighted by Gasteiger charge is -2.55. The molecule has 0 radical (unpaired) electrons. The van der Waals surface area contributed by atoms with Crippen LogP contribution in [0.25, 0.3) is 11.2 Å². The lowest BCUT2D eigenvalue weighted by molar-refractivity contribution is -0.0171. The summed E-state index contributed by atoms with van der Waals surface area (Å²) in [4.78, 5) is 22.2. The minimum absolute atomic E-state index is 0.00873. The molecule has 126 valence electrons. The molecule has 2 aromatic heterocycles. The summed E-state index contributed by atoms with van der Waals surface area (Å²) in [5, 5.41) is 0. The largest absolute Gasteiger partial charge is 0.421 e. The molecule has 4 saturated carbocycles. The molecule has 4 aliphatic carbocycles. The third-order valence-electron chi connectivity index (χ3n) is 7.12. The van der Waals surface area contributed by atoms with Crippen LogP contribution in [0.3, 0.4) is 0 Å². The number of hydrogen-bond donors (Lipinski definition) is 0. The molecule has 4 fully saturated rings. The standard InChI is InChI=1S/C19H23N3O2/c23-17-15-16(20-14-3-1-2-4-22(14)17)24-18(21-15)19-8-11-5-12(9-19)7-13(6-11)10-19/h11-13H,1-10H2. The van der Waals surface area contributed by atoms with Crippen molar-refractivity contribution in [3.63, 3.8) is 0 Å². The Morgan fingerprint density at radius 1 is 1.00 bits per heavy atom. The molecule has 7 rings (SSSR count). The first kappa shape index (κ1) is 13.6. The normalized spacial score (nSPS) is 37.1. The number of hydrogen-bond acceptors (Lipinski definition) is 4. The van der Waals surface area contributed by atoms with Gasteiger partial charge in [0.25, 0.3) is 11.3 Å². The molecule has 1 aliphatic heterocycles. The van der Waals surface area contributed by atoms with E-state index in [-0.39, 0.29) is 11.0 Å². The molecular formula is C19H23N3O2. The Balaban J connectivity index is 1.51. The Labute approximate surface area is 140 Å². The van der Waals surface area contributed by atoms with Gasteiger partial charge in [0.05, 0.1) is 0 Å². The minimum atomic E-state index is 0.00873. The molecule has 5 nitrogen and oxygen atoms in total. The Morgan fingerprint density at radius 3 is 2.42 bits per heavy atom. The molecule has 4 bridgehead atoms. The summed E-state index contributed by atoms with van der Waals surface area (Å²) in [5.41, 5.74) is 1.05. The highest BCUT2D eigenvalue weighted by Gasteiger charge is 2.54. The van der Waals surface area contributed by atoms with Crippen LogP contribution < -0.4 is 5.56 Å². The van der Waals surface area contributed by atoms with Gasteiger partial charge in [-0.1, -0.05) is 0 Å². The van der Waals surface area contributed by atoms with Gasteiger partial charge in [-0.25, -0.2) is 4.98 Å². The van der Waals surface area contributed by atoms with Crippen LogP contribution in [0.5, 0.6) is 0 Å². The first-order chi connectivity index (χ1) is 11.7. The third-order valence-corrected chi connectivity index (χ3v) is 7.12. The van der Waals surface area contributed by atoms with Gasteiger partial charge in [-0.3, -0.25) is 9.36 Å². The van der Waals surface area contributed by atoms with E-state index in [9.17, 15) is 4.79 Å². The van der Waals surface area contributed by atoms with Crippen LogP contribution >= 0.6 is 0 Å². The molecule has 0 amide bonds. The van der Waals surface area contributed by atoms with Crippen LogP contribution in [0.15, 0.2) is 9.21 Å². The summed E-state index contributed by atoms with van der Waals surface area (Å²) in [6.45, 7) is 0.774. The van der Waals surface area contributed by atoms with Crippen LogP contribution in [0, 0.1) is 17.8 Å². The van der Waals surface area contributed by atoms with Gasteiger partial charge >= 0.3 is 0 Å². The summed E-state index contributed by atoms with van der Waals surface area (Å²) < 4.78 is 7.98. The van der Waals surface area contributed by atoms with Crippen molar-refractivity contribution in [1.29, 1.82) is 0 Å². The van der Waals surface area contributed by atoms with E-state index in [1.165, 1.54) is 38.5 Å². The smallest absolute Gasteiger partial charge is 0.283 e. The quantitative estimate of drug-likeness (QED) is 0.808. The maximum Gasteiger partial charge on any atom is 0.283 e. The maximum absolute atomic E-state index is 12.8. The van der Waals surface area contributed by atoms with E-state index in [1.807, 2.05) is 4.57 Å². The highest BCUT2D eigenvalue weighted by molar-refractivity contribution is 5.67. The van der Waals surface area contributed by atoms with Crippen LogP contribution in [0.4, 0.5) is 0 Å². The van der Waals surface area contributed by atoms with Crippen LogP contribution in [0.2, 0.25) is 0 Å². The molecule has 0 saturated heterocycles. The van der Waals surface area contributed by atoms with Crippen LogP contribution in [0.1, 0.15) is 63.1 Å². The van der Waals surface area contributed by atoms with E-state index in [4.69, 9.17) is 9.40 Å². The predicted octanol–water partition coefficient (Wildman–Crippen LogP) is 3.19. The number of aromatic nitrogens is 3. The van der Waals surface area contributed by atoms with E-state index in [1.54, 1.807) is 0 Å². The van der Waals surface area contributed by atoms with Gasteiger partial charge in [0.15, 0.2) is 5.52 Å². The summed E-state index contributed by atoms with van der Waals surface area (Å²) in [5.74, 6) is 4.23. The van der Waals surface area contributed by atoms with E-state index in [0.29, 0.717) is 11.2 Å². The Kier molecular flexibility index (Phi) is 2.55. The second-order valence-electron chi connectivity index (χ2n) is 8.81. The molecule has 5 heteroatoms. The molecule has 0 atom stereocenters. The fourth-order valence-corrected chi connectivity index (χ4v) is 6.52. The van der Waals surface area contributed by atoms with Crippen LogP contribution in [-0.2, 0) is 18.4 Å². The first-order valence-corrected chi connectivity index (χ1v) is 9.61. The zero-order valence-electron chi connectivity index (χ0n) is 14.0. The zero-order valence-corrected chi connectivity index (χ0v) is 14.0. The molecule has 0 unspecified atom stereocenters. The Morgan fingerprint density at radius 2 is 1.71 bits per heavy atom. The number of nitrogens with zero attached hydrogens (tertiary/aromatic N) is 3. The van der Waals surface area contributed by atoms with E-state index < -0.39 is 0 Å². The second kappa shape index (κ2) is 4.50. The Bertz CT molecular complexity index is 859. The molecule has 0 N–H and O–H groups in total. The summed E-state index contributed by atoms with van der Waals surface area (Å²) in [6.07, 6.45) is 10.8. The van der Waals surface area contributed by atoms with Gasteiger partial charge in [-0.2, -0.15) is 4.98 Å². The molecule has 2 aromatic rings. The molecule has 3 heterocycles. The highest BCUT2D eigenvalue weighted by atomic mass is 16.4. The highest BCUT2D eigenvalue weighted by Crippen LogP contribution is 2.60. The maximum atomic E-state index is 12.8. The molecule has 0 aromatic carbocycles. The SMILES string of the molecule is O=c1c2nc(C34CC5CC(CC(C5)C3)C4)oc2nc2n1CCCC2. The van der Waals surface area contributed by atoms with Crippen LogP contribution in [-0.4, -0.2) is 14.5 Å². The average molecular weight is 325 g/mol. The van der Waals surface area contributed by atoms with Crippen molar-refractivity contribution in [2.75, 3.05) is 0 Å². The van der Waals surface area contributed by atoms with Crippen molar-refractivity contribution in [2.24, 2.45) is 17.8 Å². The van der Waals surface area contributed by atoms with Crippen molar-refractivity contribution in [1.82, 2.24) is 14.5 Å². The zero-order chi connectivity index (χ0) is 15.9. The van der Waals surface area contributed by atoms with Gasteiger partial charge in [0.2, 0.25) is 5.89 Å².